The third-order valence-corrected chi connectivity index (χ3v) is 8.15. The predicted molar refractivity (Wildman–Crippen MR) is 145 cm³/mol. The van der Waals surface area contributed by atoms with Crippen LogP contribution in [0.5, 0.6) is 0 Å². The highest BCUT2D eigenvalue weighted by Crippen LogP contribution is 2.19. The number of nitrogens with zero attached hydrogens (tertiary/aromatic N) is 3. The number of benzene rings is 3. The summed E-state index contributed by atoms with van der Waals surface area (Å²) in [5.74, 6) is -0.337. The molecule has 0 saturated carbocycles. The van der Waals surface area contributed by atoms with Gasteiger partial charge < -0.3 is 9.64 Å². The summed E-state index contributed by atoms with van der Waals surface area (Å²) in [5.41, 5.74) is 7.57. The fourth-order valence-corrected chi connectivity index (χ4v) is 5.15. The molecule has 1 N–H and O–H groups in total. The normalized spacial score (nSPS) is 14.6. The van der Waals surface area contributed by atoms with E-state index < -0.39 is 10.0 Å². The number of anilines is 1. The SMILES string of the molecule is C/C(=N/NC(=O)c1ccc(CN(C)S(=O)(=O)c2ccc(C)cc2)cc1)c1ccc(N2CCOCC2)cc1. The minimum Gasteiger partial charge on any atom is -0.378 e. The van der Waals surface area contributed by atoms with Crippen LogP contribution in [-0.2, 0) is 21.3 Å². The molecule has 1 aliphatic heterocycles. The Morgan fingerprint density at radius 1 is 0.946 bits per heavy atom. The van der Waals surface area contributed by atoms with Gasteiger partial charge in [0.2, 0.25) is 10.0 Å². The molecule has 37 heavy (non-hydrogen) atoms. The molecular formula is C28H32N4O4S. The maximum Gasteiger partial charge on any atom is 0.271 e. The van der Waals surface area contributed by atoms with Crippen molar-refractivity contribution in [2.45, 2.75) is 25.3 Å². The highest BCUT2D eigenvalue weighted by atomic mass is 32.2. The lowest BCUT2D eigenvalue weighted by atomic mass is 10.1. The monoisotopic (exact) mass is 520 g/mol. The molecule has 0 bridgehead atoms. The Labute approximate surface area is 218 Å². The summed E-state index contributed by atoms with van der Waals surface area (Å²) < 4.78 is 32.4. The average molecular weight is 521 g/mol. The van der Waals surface area contributed by atoms with Crippen LogP contribution in [0.2, 0.25) is 0 Å². The van der Waals surface area contributed by atoms with Crippen LogP contribution in [0.1, 0.15) is 34.0 Å². The van der Waals surface area contributed by atoms with Crippen LogP contribution in [0.3, 0.4) is 0 Å². The lowest BCUT2D eigenvalue weighted by Gasteiger charge is -2.28. The summed E-state index contributed by atoms with van der Waals surface area (Å²) in [6, 6.07) is 21.7. The number of aryl methyl sites for hydroxylation is 1. The van der Waals surface area contributed by atoms with Gasteiger partial charge in [0.25, 0.3) is 5.91 Å². The Morgan fingerprint density at radius 3 is 2.16 bits per heavy atom. The average Bonchev–Trinajstić information content (AvgIpc) is 2.92. The van der Waals surface area contributed by atoms with Gasteiger partial charge in [-0.1, -0.05) is 42.0 Å². The number of amides is 1. The van der Waals surface area contributed by atoms with Crippen molar-refractivity contribution in [3.63, 3.8) is 0 Å². The molecule has 0 radical (unpaired) electrons. The molecule has 1 fully saturated rings. The second-order valence-corrected chi connectivity index (χ2v) is 11.1. The van der Waals surface area contributed by atoms with Gasteiger partial charge in [-0.15, -0.1) is 0 Å². The number of hydrazone groups is 1. The number of hydrogen-bond acceptors (Lipinski definition) is 6. The standard InChI is InChI=1S/C28H32N4O4S/c1-21-4-14-27(15-5-21)37(34,35)31(3)20-23-6-8-25(9-7-23)28(33)30-29-22(2)24-10-12-26(13-11-24)32-16-18-36-19-17-32/h4-15H,16-20H2,1-3H3,(H,30,33)/b29-22-. The summed E-state index contributed by atoms with van der Waals surface area (Å²) in [6.45, 7) is 7.17. The van der Waals surface area contributed by atoms with Crippen LogP contribution >= 0.6 is 0 Å². The maximum atomic E-state index is 12.8. The molecule has 1 amide bonds. The highest BCUT2D eigenvalue weighted by Gasteiger charge is 2.21. The molecule has 9 heteroatoms. The van der Waals surface area contributed by atoms with Crippen molar-refractivity contribution in [3.05, 3.63) is 95.1 Å². The van der Waals surface area contributed by atoms with E-state index >= 15 is 0 Å². The van der Waals surface area contributed by atoms with Gasteiger partial charge in [-0.2, -0.15) is 9.41 Å². The highest BCUT2D eigenvalue weighted by molar-refractivity contribution is 7.89. The van der Waals surface area contributed by atoms with Gasteiger partial charge in [0.15, 0.2) is 0 Å². The molecule has 1 heterocycles. The molecule has 1 saturated heterocycles. The first-order chi connectivity index (χ1) is 17.7. The van der Waals surface area contributed by atoms with Gasteiger partial charge in [-0.05, 0) is 61.4 Å². The Bertz CT molecular complexity index is 1350. The third-order valence-electron chi connectivity index (χ3n) is 6.34. The lowest BCUT2D eigenvalue weighted by molar-refractivity contribution is 0.0954. The van der Waals surface area contributed by atoms with Crippen molar-refractivity contribution in [1.29, 1.82) is 0 Å². The van der Waals surface area contributed by atoms with E-state index in [0.29, 0.717) is 11.3 Å². The fourth-order valence-electron chi connectivity index (χ4n) is 3.99. The number of carbonyl (C=O) groups is 1. The van der Waals surface area contributed by atoms with Gasteiger partial charge in [0.1, 0.15) is 0 Å². The molecule has 0 aromatic heterocycles. The van der Waals surface area contributed by atoms with Crippen LogP contribution in [-0.4, -0.2) is 57.7 Å². The molecule has 4 rings (SSSR count). The first kappa shape index (κ1) is 26.5. The number of hydrogen-bond donors (Lipinski definition) is 1. The van der Waals surface area contributed by atoms with E-state index in [1.165, 1.54) is 4.31 Å². The van der Waals surface area contributed by atoms with Gasteiger partial charge in [-0.25, -0.2) is 13.8 Å². The zero-order valence-electron chi connectivity index (χ0n) is 21.3. The lowest BCUT2D eigenvalue weighted by Crippen LogP contribution is -2.36. The first-order valence-corrected chi connectivity index (χ1v) is 13.6. The second kappa shape index (κ2) is 11.7. The van der Waals surface area contributed by atoms with E-state index in [1.807, 2.05) is 26.0 Å². The van der Waals surface area contributed by atoms with Crippen LogP contribution in [0.4, 0.5) is 5.69 Å². The minimum atomic E-state index is -3.61. The molecule has 0 spiro atoms. The topological polar surface area (TPSA) is 91.3 Å². The van der Waals surface area contributed by atoms with Crippen molar-refractivity contribution >= 4 is 27.3 Å². The number of nitrogens with one attached hydrogen (secondary N) is 1. The van der Waals surface area contributed by atoms with Crippen molar-refractivity contribution < 1.29 is 17.9 Å². The predicted octanol–water partition coefficient (Wildman–Crippen LogP) is 3.81. The molecule has 0 atom stereocenters. The summed E-state index contributed by atoms with van der Waals surface area (Å²) in [5, 5.41) is 4.25. The maximum absolute atomic E-state index is 12.8. The zero-order valence-corrected chi connectivity index (χ0v) is 22.2. The third kappa shape index (κ3) is 6.62. The second-order valence-electron chi connectivity index (χ2n) is 9.06. The van der Waals surface area contributed by atoms with Crippen molar-refractivity contribution in [2.24, 2.45) is 5.10 Å². The summed E-state index contributed by atoms with van der Waals surface area (Å²) >= 11 is 0. The number of ether oxygens (including phenoxy) is 1. The molecule has 194 valence electrons. The van der Waals surface area contributed by atoms with Crippen LogP contribution in [0, 0.1) is 6.92 Å². The van der Waals surface area contributed by atoms with Crippen molar-refractivity contribution in [1.82, 2.24) is 9.73 Å². The van der Waals surface area contributed by atoms with E-state index in [0.717, 1.165) is 48.7 Å². The molecule has 0 aliphatic carbocycles. The van der Waals surface area contributed by atoms with Gasteiger partial charge in [0, 0.05) is 37.9 Å². The molecule has 0 unspecified atom stereocenters. The van der Waals surface area contributed by atoms with Crippen LogP contribution in [0.25, 0.3) is 0 Å². The van der Waals surface area contributed by atoms with Crippen molar-refractivity contribution in [2.75, 3.05) is 38.3 Å². The number of sulfonamides is 1. The quantitative estimate of drug-likeness (QED) is 0.360. The Kier molecular flexibility index (Phi) is 8.38. The molecular weight excluding hydrogens is 488 g/mol. The van der Waals surface area contributed by atoms with E-state index in [1.54, 1.807) is 55.6 Å². The summed E-state index contributed by atoms with van der Waals surface area (Å²) in [6.07, 6.45) is 0. The molecule has 8 nitrogen and oxygen atoms in total. The Morgan fingerprint density at radius 2 is 1.54 bits per heavy atom. The van der Waals surface area contributed by atoms with Crippen molar-refractivity contribution in [3.8, 4) is 0 Å². The molecule has 1 aliphatic rings. The van der Waals surface area contributed by atoms with Crippen LogP contribution < -0.4 is 10.3 Å². The van der Waals surface area contributed by atoms with Crippen LogP contribution in [0.15, 0.2) is 82.8 Å². The summed E-state index contributed by atoms with van der Waals surface area (Å²) in [7, 11) is -2.06. The zero-order chi connectivity index (χ0) is 26.4. The smallest absolute Gasteiger partial charge is 0.271 e. The Hall–Kier alpha value is -3.53. The van der Waals surface area contributed by atoms with E-state index in [2.05, 4.69) is 27.6 Å². The summed E-state index contributed by atoms with van der Waals surface area (Å²) in [4.78, 5) is 15.1. The first-order valence-electron chi connectivity index (χ1n) is 12.1. The van der Waals surface area contributed by atoms with E-state index in [4.69, 9.17) is 4.74 Å². The largest absolute Gasteiger partial charge is 0.378 e. The number of morpholine rings is 1. The number of rotatable bonds is 8. The Balaban J connectivity index is 1.34. The fraction of sp³-hybridized carbons (Fsp3) is 0.286. The number of carbonyl (C=O) groups excluding carboxylic acids is 1. The van der Waals surface area contributed by atoms with Gasteiger partial charge in [-0.3, -0.25) is 4.79 Å². The minimum absolute atomic E-state index is 0.190. The molecule has 3 aromatic rings. The van der Waals surface area contributed by atoms with E-state index in [9.17, 15) is 13.2 Å². The molecule has 3 aromatic carbocycles. The van der Waals surface area contributed by atoms with Gasteiger partial charge >= 0.3 is 0 Å². The van der Waals surface area contributed by atoms with Gasteiger partial charge in [0.05, 0.1) is 23.8 Å². The van der Waals surface area contributed by atoms with E-state index in [-0.39, 0.29) is 17.3 Å².